The summed E-state index contributed by atoms with van der Waals surface area (Å²) in [4.78, 5) is 39.9. The number of nitrogens with zero attached hydrogens (tertiary/aromatic N) is 1. The van der Waals surface area contributed by atoms with E-state index in [4.69, 9.17) is 0 Å². The summed E-state index contributed by atoms with van der Waals surface area (Å²) in [6, 6.07) is 6.95. The molecule has 4 unspecified atom stereocenters. The molecule has 0 bridgehead atoms. The zero-order chi connectivity index (χ0) is 20.7. The maximum atomic E-state index is 13.1. The SMILES string of the molecule is CSCC1NC(=C2CC=CC2=O)C(C(C)C2C(=O)N(C)c3ccccc32)NC1=O. The number of thioether (sulfide) groups is 1. The number of fused-ring (bicyclic) bond motifs is 1. The number of rotatable bonds is 4. The lowest BCUT2D eigenvalue weighted by Gasteiger charge is -2.39. The number of amides is 2. The van der Waals surface area contributed by atoms with E-state index < -0.39 is 12.1 Å². The molecule has 7 heteroatoms. The molecule has 2 amide bonds. The lowest BCUT2D eigenvalue weighted by Crippen LogP contribution is -2.60. The number of hydrogen-bond acceptors (Lipinski definition) is 5. The van der Waals surface area contributed by atoms with Crippen LogP contribution in [0.3, 0.4) is 0 Å². The highest BCUT2D eigenvalue weighted by atomic mass is 32.2. The van der Waals surface area contributed by atoms with Crippen LogP contribution >= 0.6 is 11.8 Å². The van der Waals surface area contributed by atoms with E-state index in [9.17, 15) is 14.4 Å². The Morgan fingerprint density at radius 2 is 1.97 bits per heavy atom. The van der Waals surface area contributed by atoms with Gasteiger partial charge in [0.1, 0.15) is 6.04 Å². The van der Waals surface area contributed by atoms with Gasteiger partial charge in [0.25, 0.3) is 0 Å². The molecule has 29 heavy (non-hydrogen) atoms. The Balaban J connectivity index is 1.73. The molecule has 0 saturated carbocycles. The molecule has 2 heterocycles. The molecule has 1 saturated heterocycles. The van der Waals surface area contributed by atoms with Crippen molar-refractivity contribution in [3.05, 3.63) is 53.3 Å². The standard InChI is InChI=1S/C22H25N3O3S/c1-12(18-13-7-4-5-9-16(13)25(2)22(18)28)19-20(14-8-6-10-17(14)26)23-15(11-29-3)21(27)24-19/h4-7,9-10,12,15,18-19,23H,8,11H2,1-3H3,(H,24,27). The summed E-state index contributed by atoms with van der Waals surface area (Å²) >= 11 is 1.58. The molecular weight excluding hydrogens is 386 g/mol. The molecule has 1 fully saturated rings. The first kappa shape index (κ1) is 19.8. The van der Waals surface area contributed by atoms with Crippen LogP contribution in [0.5, 0.6) is 0 Å². The Morgan fingerprint density at radius 3 is 2.66 bits per heavy atom. The van der Waals surface area contributed by atoms with Gasteiger partial charge in [-0.05, 0) is 36.3 Å². The number of carbonyl (C=O) groups excluding carboxylic acids is 3. The Morgan fingerprint density at radius 1 is 1.21 bits per heavy atom. The van der Waals surface area contributed by atoms with Gasteiger partial charge in [0, 0.05) is 29.8 Å². The van der Waals surface area contributed by atoms with Crippen LogP contribution in [0.25, 0.3) is 0 Å². The third kappa shape index (κ3) is 3.27. The largest absolute Gasteiger partial charge is 0.374 e. The number of benzene rings is 1. The normalized spacial score (nSPS) is 29.7. The zero-order valence-corrected chi connectivity index (χ0v) is 17.6. The van der Waals surface area contributed by atoms with Crippen molar-refractivity contribution in [3.8, 4) is 0 Å². The monoisotopic (exact) mass is 411 g/mol. The second-order valence-electron chi connectivity index (χ2n) is 7.79. The van der Waals surface area contributed by atoms with Crippen molar-refractivity contribution in [1.82, 2.24) is 10.6 Å². The minimum Gasteiger partial charge on any atom is -0.374 e. The maximum Gasteiger partial charge on any atom is 0.243 e. The number of ketones is 1. The number of carbonyl (C=O) groups is 3. The number of para-hydroxylation sites is 1. The fourth-order valence-corrected chi connectivity index (χ4v) is 5.13. The van der Waals surface area contributed by atoms with E-state index in [0.29, 0.717) is 17.7 Å². The first-order valence-corrected chi connectivity index (χ1v) is 11.2. The quantitative estimate of drug-likeness (QED) is 0.741. The van der Waals surface area contributed by atoms with Crippen molar-refractivity contribution < 1.29 is 14.4 Å². The molecule has 1 aromatic carbocycles. The summed E-state index contributed by atoms with van der Waals surface area (Å²) in [6.07, 6.45) is 5.91. The molecule has 2 aliphatic heterocycles. The summed E-state index contributed by atoms with van der Waals surface area (Å²) in [5.74, 6) is -0.0830. The van der Waals surface area contributed by atoms with Crippen LogP contribution in [0.15, 0.2) is 47.7 Å². The molecule has 3 aliphatic rings. The van der Waals surface area contributed by atoms with Gasteiger partial charge in [-0.1, -0.05) is 31.2 Å². The van der Waals surface area contributed by atoms with E-state index >= 15 is 0 Å². The fourth-order valence-electron chi connectivity index (χ4n) is 4.57. The molecule has 152 valence electrons. The molecule has 0 spiro atoms. The minimum absolute atomic E-state index is 0.0133. The number of likely N-dealkylation sites (N-methyl/N-ethyl adjacent to an activating group) is 1. The van der Waals surface area contributed by atoms with Gasteiger partial charge in [0.05, 0.1) is 12.0 Å². The van der Waals surface area contributed by atoms with E-state index in [1.54, 1.807) is 29.8 Å². The van der Waals surface area contributed by atoms with Gasteiger partial charge in [-0.25, -0.2) is 0 Å². The van der Waals surface area contributed by atoms with Crippen LogP contribution < -0.4 is 15.5 Å². The van der Waals surface area contributed by atoms with Crippen molar-refractivity contribution in [2.24, 2.45) is 5.92 Å². The average molecular weight is 412 g/mol. The van der Waals surface area contributed by atoms with Crippen LogP contribution in [0.4, 0.5) is 5.69 Å². The summed E-state index contributed by atoms with van der Waals surface area (Å²) in [5, 5.41) is 6.46. The van der Waals surface area contributed by atoms with E-state index in [1.807, 2.05) is 43.5 Å². The zero-order valence-electron chi connectivity index (χ0n) is 16.8. The topological polar surface area (TPSA) is 78.5 Å². The average Bonchev–Trinajstić information content (AvgIpc) is 3.24. The van der Waals surface area contributed by atoms with Gasteiger partial charge >= 0.3 is 0 Å². The highest BCUT2D eigenvalue weighted by molar-refractivity contribution is 7.98. The van der Waals surface area contributed by atoms with Crippen LogP contribution in [0, 0.1) is 5.92 Å². The molecule has 0 aromatic heterocycles. The summed E-state index contributed by atoms with van der Waals surface area (Å²) in [7, 11) is 1.78. The highest BCUT2D eigenvalue weighted by Gasteiger charge is 2.45. The Labute approximate surface area is 174 Å². The van der Waals surface area contributed by atoms with Crippen molar-refractivity contribution in [2.75, 3.05) is 24.0 Å². The maximum absolute atomic E-state index is 13.1. The summed E-state index contributed by atoms with van der Waals surface area (Å²) in [5.41, 5.74) is 3.30. The predicted molar refractivity (Wildman–Crippen MR) is 115 cm³/mol. The molecule has 2 N–H and O–H groups in total. The third-order valence-electron chi connectivity index (χ3n) is 6.08. The summed E-state index contributed by atoms with van der Waals surface area (Å²) < 4.78 is 0. The first-order valence-electron chi connectivity index (χ1n) is 9.80. The molecule has 1 aliphatic carbocycles. The van der Waals surface area contributed by atoms with Crippen molar-refractivity contribution in [3.63, 3.8) is 0 Å². The van der Waals surface area contributed by atoms with Crippen molar-refractivity contribution in [1.29, 1.82) is 0 Å². The van der Waals surface area contributed by atoms with E-state index in [0.717, 1.165) is 16.9 Å². The van der Waals surface area contributed by atoms with Gasteiger partial charge < -0.3 is 15.5 Å². The molecular formula is C22H25N3O3S. The fraction of sp³-hybridized carbons (Fsp3) is 0.409. The lowest BCUT2D eigenvalue weighted by atomic mass is 9.80. The number of nitrogens with one attached hydrogen (secondary N) is 2. The Bertz CT molecular complexity index is 939. The molecule has 1 aromatic rings. The van der Waals surface area contributed by atoms with E-state index in [1.165, 1.54) is 0 Å². The molecule has 6 nitrogen and oxygen atoms in total. The van der Waals surface area contributed by atoms with Gasteiger partial charge in [-0.3, -0.25) is 14.4 Å². The second kappa shape index (κ2) is 7.71. The molecule has 0 radical (unpaired) electrons. The number of anilines is 1. The van der Waals surface area contributed by atoms with E-state index in [-0.39, 0.29) is 29.4 Å². The van der Waals surface area contributed by atoms with Gasteiger partial charge in [0.2, 0.25) is 11.8 Å². The van der Waals surface area contributed by atoms with Crippen LogP contribution in [-0.2, 0) is 14.4 Å². The minimum atomic E-state index is -0.423. The van der Waals surface area contributed by atoms with E-state index in [2.05, 4.69) is 10.6 Å². The Kier molecular flexibility index (Phi) is 5.25. The smallest absolute Gasteiger partial charge is 0.243 e. The van der Waals surface area contributed by atoms with Gasteiger partial charge in [-0.15, -0.1) is 0 Å². The van der Waals surface area contributed by atoms with Crippen molar-refractivity contribution >= 4 is 35.0 Å². The number of allylic oxidation sites excluding steroid dienone is 3. The first-order chi connectivity index (χ1) is 13.9. The Hall–Kier alpha value is -2.54. The lowest BCUT2D eigenvalue weighted by molar-refractivity contribution is -0.126. The number of hydrogen-bond donors (Lipinski definition) is 2. The number of piperazine rings is 1. The third-order valence-corrected chi connectivity index (χ3v) is 6.75. The molecule has 4 rings (SSSR count). The van der Waals surface area contributed by atoms with Gasteiger partial charge in [-0.2, -0.15) is 11.8 Å². The highest BCUT2D eigenvalue weighted by Crippen LogP contribution is 2.43. The van der Waals surface area contributed by atoms with Crippen molar-refractivity contribution in [2.45, 2.75) is 31.3 Å². The second-order valence-corrected chi connectivity index (χ2v) is 8.71. The summed E-state index contributed by atoms with van der Waals surface area (Å²) in [6.45, 7) is 1.98. The predicted octanol–water partition coefficient (Wildman–Crippen LogP) is 1.99. The van der Waals surface area contributed by atoms with Gasteiger partial charge in [0.15, 0.2) is 5.78 Å². The van der Waals surface area contributed by atoms with Crippen LogP contribution in [-0.4, -0.2) is 48.7 Å². The van der Waals surface area contributed by atoms with Crippen LogP contribution in [0.2, 0.25) is 0 Å². The van der Waals surface area contributed by atoms with Crippen LogP contribution in [0.1, 0.15) is 24.8 Å². The molecule has 4 atom stereocenters.